The first-order chi connectivity index (χ1) is 15.2. The van der Waals surface area contributed by atoms with Gasteiger partial charge in [0.1, 0.15) is 5.58 Å². The van der Waals surface area contributed by atoms with Gasteiger partial charge in [0.25, 0.3) is 0 Å². The standard InChI is InChI=1S/C27H24N2O/c1-27(2,3)19-14-15-28-24(17-19)23-11-7-10-21-22-13-12-20(29-26(22)30-25(21)23)16-18-8-5-4-6-9-18/h4-15,17H,16H2,1-3H3/i16D2. The second kappa shape index (κ2) is 7.10. The zero-order valence-corrected chi connectivity index (χ0v) is 17.3. The molecule has 0 radical (unpaired) electrons. The highest BCUT2D eigenvalue weighted by molar-refractivity contribution is 6.08. The first kappa shape index (κ1) is 16.3. The predicted octanol–water partition coefficient (Wildman–Crippen LogP) is 6.93. The molecule has 0 bridgehead atoms. The number of hydrogen-bond acceptors (Lipinski definition) is 3. The molecule has 0 N–H and O–H groups in total. The Hall–Kier alpha value is -3.46. The van der Waals surface area contributed by atoms with Crippen LogP contribution in [-0.2, 0) is 11.8 Å². The Morgan fingerprint density at radius 3 is 2.53 bits per heavy atom. The minimum absolute atomic E-state index is 0.0128. The lowest BCUT2D eigenvalue weighted by atomic mass is 9.87. The van der Waals surface area contributed by atoms with E-state index in [4.69, 9.17) is 7.16 Å². The van der Waals surface area contributed by atoms with Gasteiger partial charge in [0.15, 0.2) is 0 Å². The smallest absolute Gasteiger partial charge is 0.227 e. The van der Waals surface area contributed by atoms with Crippen LogP contribution in [0.15, 0.2) is 83.4 Å². The lowest BCUT2D eigenvalue weighted by Gasteiger charge is -2.19. The highest BCUT2D eigenvalue weighted by Crippen LogP contribution is 2.35. The number of para-hydroxylation sites is 1. The molecular formula is C27H24N2O. The Morgan fingerprint density at radius 2 is 1.73 bits per heavy atom. The van der Waals surface area contributed by atoms with Crippen molar-refractivity contribution < 1.29 is 7.16 Å². The molecule has 148 valence electrons. The normalized spacial score (nSPS) is 13.4. The van der Waals surface area contributed by atoms with Gasteiger partial charge in [-0.05, 0) is 46.9 Å². The molecule has 30 heavy (non-hydrogen) atoms. The molecule has 0 amide bonds. The molecule has 0 atom stereocenters. The molecule has 0 unspecified atom stereocenters. The van der Waals surface area contributed by atoms with Crippen molar-refractivity contribution in [2.75, 3.05) is 0 Å². The van der Waals surface area contributed by atoms with Gasteiger partial charge in [-0.3, -0.25) is 4.98 Å². The predicted molar refractivity (Wildman–Crippen MR) is 123 cm³/mol. The van der Waals surface area contributed by atoms with Crippen molar-refractivity contribution >= 4 is 22.1 Å². The van der Waals surface area contributed by atoms with Crippen LogP contribution in [0.5, 0.6) is 0 Å². The number of rotatable bonds is 3. The Morgan fingerprint density at radius 1 is 0.900 bits per heavy atom. The van der Waals surface area contributed by atoms with Crippen LogP contribution in [0.2, 0.25) is 0 Å². The maximum absolute atomic E-state index is 8.63. The fourth-order valence-corrected chi connectivity index (χ4v) is 3.66. The monoisotopic (exact) mass is 394 g/mol. The van der Waals surface area contributed by atoms with E-state index >= 15 is 0 Å². The summed E-state index contributed by atoms with van der Waals surface area (Å²) in [5.74, 6) is 0. The molecule has 0 saturated heterocycles. The molecule has 3 heteroatoms. The molecule has 0 aliphatic carbocycles. The van der Waals surface area contributed by atoms with E-state index in [9.17, 15) is 0 Å². The van der Waals surface area contributed by atoms with E-state index in [0.717, 1.165) is 22.0 Å². The molecule has 2 aromatic carbocycles. The number of aromatic nitrogens is 2. The molecule has 0 fully saturated rings. The van der Waals surface area contributed by atoms with Crippen molar-refractivity contribution in [2.24, 2.45) is 0 Å². The summed E-state index contributed by atoms with van der Waals surface area (Å²) >= 11 is 0. The molecule has 3 aromatic heterocycles. The van der Waals surface area contributed by atoms with Crippen molar-refractivity contribution in [2.45, 2.75) is 32.6 Å². The summed E-state index contributed by atoms with van der Waals surface area (Å²) in [7, 11) is 0. The minimum Gasteiger partial charge on any atom is -0.437 e. The van der Waals surface area contributed by atoms with Crippen molar-refractivity contribution in [3.8, 4) is 11.3 Å². The summed E-state index contributed by atoms with van der Waals surface area (Å²) in [6.07, 6.45) is 0.113. The van der Waals surface area contributed by atoms with Gasteiger partial charge >= 0.3 is 0 Å². The molecule has 5 aromatic rings. The quantitative estimate of drug-likeness (QED) is 0.333. The SMILES string of the molecule is [2H]C([2H])(c1ccccc1)c1ccc2c(n1)oc1c(-c3cc(C(C)(C)C)ccn3)cccc12. The van der Waals surface area contributed by atoms with Crippen LogP contribution in [-0.4, -0.2) is 9.97 Å². The highest BCUT2D eigenvalue weighted by Gasteiger charge is 2.18. The molecule has 3 heterocycles. The van der Waals surface area contributed by atoms with Gasteiger partial charge < -0.3 is 4.42 Å². The van der Waals surface area contributed by atoms with Crippen LogP contribution < -0.4 is 0 Å². The average molecular weight is 395 g/mol. The number of hydrogen-bond donors (Lipinski definition) is 0. The third kappa shape index (κ3) is 3.37. The van der Waals surface area contributed by atoms with E-state index in [1.807, 2.05) is 54.7 Å². The van der Waals surface area contributed by atoms with Crippen molar-refractivity contribution in [3.63, 3.8) is 0 Å². The van der Waals surface area contributed by atoms with Gasteiger partial charge in [-0.1, -0.05) is 63.2 Å². The largest absolute Gasteiger partial charge is 0.437 e. The molecule has 0 aliphatic heterocycles. The van der Waals surface area contributed by atoms with E-state index in [2.05, 4.69) is 36.8 Å². The maximum Gasteiger partial charge on any atom is 0.227 e. The van der Waals surface area contributed by atoms with Crippen LogP contribution in [0, 0.1) is 0 Å². The zero-order valence-electron chi connectivity index (χ0n) is 19.3. The minimum atomic E-state index is -1.72. The Labute approximate surface area is 179 Å². The van der Waals surface area contributed by atoms with Gasteiger partial charge in [-0.25, -0.2) is 4.98 Å². The number of benzene rings is 2. The zero-order chi connectivity index (χ0) is 22.5. The molecule has 0 aliphatic rings. The van der Waals surface area contributed by atoms with Crippen LogP contribution in [0.1, 0.15) is 40.3 Å². The summed E-state index contributed by atoms with van der Waals surface area (Å²) < 4.78 is 23.5. The summed E-state index contributed by atoms with van der Waals surface area (Å²) in [6, 6.07) is 22.9. The van der Waals surface area contributed by atoms with E-state index in [1.165, 1.54) is 5.56 Å². The van der Waals surface area contributed by atoms with E-state index in [-0.39, 0.29) is 5.41 Å². The Balaban J connectivity index is 1.67. The molecule has 3 nitrogen and oxygen atoms in total. The molecule has 0 spiro atoms. The summed E-state index contributed by atoms with van der Waals surface area (Å²) in [4.78, 5) is 9.19. The molecule has 5 rings (SSSR count). The van der Waals surface area contributed by atoms with Crippen LogP contribution >= 0.6 is 0 Å². The van der Waals surface area contributed by atoms with Crippen LogP contribution in [0.3, 0.4) is 0 Å². The fraction of sp³-hybridized carbons (Fsp3) is 0.185. The van der Waals surface area contributed by atoms with Gasteiger partial charge in [-0.2, -0.15) is 0 Å². The van der Waals surface area contributed by atoms with Crippen LogP contribution in [0.25, 0.3) is 33.3 Å². The van der Waals surface area contributed by atoms with Crippen LogP contribution in [0.4, 0.5) is 0 Å². The molecule has 0 saturated carbocycles. The number of pyridine rings is 2. The Kier molecular flexibility index (Phi) is 3.87. The number of fused-ring (bicyclic) bond motifs is 3. The van der Waals surface area contributed by atoms with Gasteiger partial charge in [-0.15, -0.1) is 0 Å². The lowest BCUT2D eigenvalue weighted by Crippen LogP contribution is -2.11. The Bertz CT molecular complexity index is 1430. The van der Waals surface area contributed by atoms with Crippen molar-refractivity contribution in [3.05, 3.63) is 95.8 Å². The van der Waals surface area contributed by atoms with Gasteiger partial charge in [0.2, 0.25) is 5.71 Å². The maximum atomic E-state index is 8.63. The van der Waals surface area contributed by atoms with Gasteiger partial charge in [0, 0.05) is 37.3 Å². The second-order valence-electron chi connectivity index (χ2n) is 8.50. The molecular weight excluding hydrogens is 368 g/mol. The first-order valence-corrected chi connectivity index (χ1v) is 10.1. The third-order valence-corrected chi connectivity index (χ3v) is 5.31. The highest BCUT2D eigenvalue weighted by atomic mass is 16.3. The first-order valence-electron chi connectivity index (χ1n) is 11.1. The third-order valence-electron chi connectivity index (χ3n) is 5.31. The van der Waals surface area contributed by atoms with Crippen molar-refractivity contribution in [1.82, 2.24) is 9.97 Å². The average Bonchev–Trinajstić information content (AvgIpc) is 3.17. The summed E-state index contributed by atoms with van der Waals surface area (Å²) in [6.45, 7) is 6.54. The fourth-order valence-electron chi connectivity index (χ4n) is 3.66. The van der Waals surface area contributed by atoms with E-state index in [1.54, 1.807) is 18.2 Å². The van der Waals surface area contributed by atoms with Gasteiger partial charge in [0.05, 0.1) is 5.69 Å². The number of furan rings is 1. The number of nitrogens with zero attached hydrogens (tertiary/aromatic N) is 2. The van der Waals surface area contributed by atoms with E-state index in [0.29, 0.717) is 22.6 Å². The van der Waals surface area contributed by atoms with E-state index < -0.39 is 6.37 Å². The summed E-state index contributed by atoms with van der Waals surface area (Å²) in [5.41, 5.74) is 4.99. The van der Waals surface area contributed by atoms with Crippen molar-refractivity contribution in [1.29, 1.82) is 0 Å². The lowest BCUT2D eigenvalue weighted by molar-refractivity contribution is 0.589. The summed E-state index contributed by atoms with van der Waals surface area (Å²) in [5, 5.41) is 1.81. The topological polar surface area (TPSA) is 38.9 Å². The second-order valence-corrected chi connectivity index (χ2v) is 8.50.